The number of aromatic nitrogens is 3. The van der Waals surface area contributed by atoms with Crippen molar-refractivity contribution in [2.45, 2.75) is 30.2 Å². The van der Waals surface area contributed by atoms with Crippen LogP contribution in [-0.4, -0.2) is 40.2 Å². The molecule has 166 valence electrons. The highest BCUT2D eigenvalue weighted by molar-refractivity contribution is 8.04. The Morgan fingerprint density at radius 1 is 1.06 bits per heavy atom. The molecule has 2 aromatic heterocycles. The molecule has 1 amide bonds. The van der Waals surface area contributed by atoms with Gasteiger partial charge in [0.2, 0.25) is 0 Å². The summed E-state index contributed by atoms with van der Waals surface area (Å²) >= 11 is 1.52. The van der Waals surface area contributed by atoms with Gasteiger partial charge in [-0.1, -0.05) is 42.1 Å². The second-order valence-electron chi connectivity index (χ2n) is 8.77. The topological polar surface area (TPSA) is 82.7 Å². The van der Waals surface area contributed by atoms with Gasteiger partial charge in [-0.25, -0.2) is 0 Å². The van der Waals surface area contributed by atoms with E-state index in [4.69, 9.17) is 4.98 Å². The van der Waals surface area contributed by atoms with E-state index in [1.54, 1.807) is 0 Å². The lowest BCUT2D eigenvalue weighted by molar-refractivity contribution is -0.117. The zero-order valence-electron chi connectivity index (χ0n) is 18.2. The van der Waals surface area contributed by atoms with Gasteiger partial charge in [-0.2, -0.15) is 5.10 Å². The maximum Gasteiger partial charge on any atom is 0.258 e. The first-order chi connectivity index (χ1) is 16.2. The molecule has 2 aromatic carbocycles. The van der Waals surface area contributed by atoms with E-state index in [1.807, 2.05) is 36.4 Å². The molecule has 7 heteroatoms. The van der Waals surface area contributed by atoms with Crippen molar-refractivity contribution >= 4 is 45.6 Å². The Balaban J connectivity index is 1.26. The Bertz CT molecular complexity index is 1370. The number of thioether (sulfide) groups is 1. The van der Waals surface area contributed by atoms with Crippen LogP contribution < -0.4 is 10.6 Å². The first-order valence-corrected chi connectivity index (χ1v) is 12.3. The van der Waals surface area contributed by atoms with Gasteiger partial charge in [-0.05, 0) is 62.2 Å². The molecule has 1 unspecified atom stereocenters. The van der Waals surface area contributed by atoms with Crippen molar-refractivity contribution in [1.82, 2.24) is 25.8 Å². The zero-order chi connectivity index (χ0) is 22.2. The van der Waals surface area contributed by atoms with Crippen molar-refractivity contribution < 1.29 is 4.79 Å². The van der Waals surface area contributed by atoms with Crippen LogP contribution in [0.15, 0.2) is 64.4 Å². The fourth-order valence-electron chi connectivity index (χ4n) is 4.91. The normalized spacial score (nSPS) is 17.2. The summed E-state index contributed by atoms with van der Waals surface area (Å²) in [7, 11) is 0. The Morgan fingerprint density at radius 3 is 2.82 bits per heavy atom. The standard InChI is InChI=1S/C26H25N5OS/c32-26(24-15-22-25-20(30-31-22)6-3-7-23(25)33-24)29-21(17-10-12-27-13-11-17)14-18-9-8-16-4-1-2-5-19(16)28-18/h1-9,15,17,21,27H,10-14H2,(H,29,32)(H,30,31). The third kappa shape index (κ3) is 4.03. The molecule has 4 heterocycles. The van der Waals surface area contributed by atoms with Crippen LogP contribution in [0, 0.1) is 5.92 Å². The lowest BCUT2D eigenvalue weighted by Crippen LogP contribution is -2.46. The van der Waals surface area contributed by atoms with Gasteiger partial charge in [-0.15, -0.1) is 0 Å². The molecule has 0 bridgehead atoms. The monoisotopic (exact) mass is 455 g/mol. The summed E-state index contributed by atoms with van der Waals surface area (Å²) in [6.45, 7) is 1.97. The molecular formula is C26H25N5OS. The number of benzene rings is 2. The van der Waals surface area contributed by atoms with Crippen LogP contribution in [0.25, 0.3) is 27.9 Å². The van der Waals surface area contributed by atoms with Crippen LogP contribution in [0.5, 0.6) is 0 Å². The van der Waals surface area contributed by atoms with Gasteiger partial charge in [0.05, 0.1) is 21.6 Å². The highest BCUT2D eigenvalue weighted by atomic mass is 32.2. The Hall–Kier alpha value is -3.16. The highest BCUT2D eigenvalue weighted by Gasteiger charge is 2.28. The Kier molecular flexibility index (Phi) is 5.36. The summed E-state index contributed by atoms with van der Waals surface area (Å²) < 4.78 is 0. The van der Waals surface area contributed by atoms with E-state index in [1.165, 1.54) is 11.8 Å². The number of H-pyrrole nitrogens is 1. The van der Waals surface area contributed by atoms with Gasteiger partial charge in [-0.3, -0.25) is 14.9 Å². The van der Waals surface area contributed by atoms with E-state index < -0.39 is 0 Å². The second-order valence-corrected chi connectivity index (χ2v) is 9.85. The predicted octanol–water partition coefficient (Wildman–Crippen LogP) is 4.28. The summed E-state index contributed by atoms with van der Waals surface area (Å²) in [6.07, 6.45) is 4.75. The number of nitrogens with one attached hydrogen (secondary N) is 3. The molecule has 0 saturated carbocycles. The number of hydrogen-bond donors (Lipinski definition) is 3. The quantitative estimate of drug-likeness (QED) is 0.418. The average molecular weight is 456 g/mol. The van der Waals surface area contributed by atoms with Gasteiger partial charge in [0, 0.05) is 33.8 Å². The third-order valence-corrected chi connectivity index (χ3v) is 7.73. The average Bonchev–Trinajstić information content (AvgIpc) is 3.28. The van der Waals surface area contributed by atoms with E-state index in [0.29, 0.717) is 10.8 Å². The number of rotatable bonds is 5. The van der Waals surface area contributed by atoms with Gasteiger partial charge in [0.15, 0.2) is 0 Å². The lowest BCUT2D eigenvalue weighted by Gasteiger charge is -2.31. The molecule has 3 N–H and O–H groups in total. The lowest BCUT2D eigenvalue weighted by atomic mass is 9.87. The molecule has 6 rings (SSSR count). The number of fused-ring (bicyclic) bond motifs is 1. The number of piperidine rings is 1. The molecule has 33 heavy (non-hydrogen) atoms. The number of nitrogens with zero attached hydrogens (tertiary/aromatic N) is 2. The van der Waals surface area contributed by atoms with Gasteiger partial charge < -0.3 is 10.6 Å². The molecule has 0 radical (unpaired) electrons. The maximum atomic E-state index is 13.4. The number of hydrogen-bond acceptors (Lipinski definition) is 5. The highest BCUT2D eigenvalue weighted by Crippen LogP contribution is 2.40. The van der Waals surface area contributed by atoms with E-state index in [9.17, 15) is 4.79 Å². The molecular weight excluding hydrogens is 430 g/mol. The van der Waals surface area contributed by atoms with Gasteiger partial charge in [0.1, 0.15) is 0 Å². The first kappa shape index (κ1) is 20.4. The van der Waals surface area contributed by atoms with Crippen molar-refractivity contribution in [2.24, 2.45) is 5.92 Å². The number of aromatic amines is 1. The number of para-hydroxylation sites is 1. The fraction of sp³-hybridized carbons (Fsp3) is 0.269. The van der Waals surface area contributed by atoms with Crippen molar-refractivity contribution in [3.63, 3.8) is 0 Å². The molecule has 2 aliphatic heterocycles. The number of carbonyl (C=O) groups is 1. The molecule has 6 nitrogen and oxygen atoms in total. The number of carbonyl (C=O) groups excluding carboxylic acids is 1. The van der Waals surface area contributed by atoms with Crippen LogP contribution in [0.1, 0.15) is 24.2 Å². The molecule has 2 aliphatic rings. The molecule has 0 spiro atoms. The molecule has 4 aromatic rings. The van der Waals surface area contributed by atoms with E-state index in [0.717, 1.165) is 70.4 Å². The van der Waals surface area contributed by atoms with Crippen LogP contribution in [0.3, 0.4) is 0 Å². The number of pyridine rings is 1. The van der Waals surface area contributed by atoms with E-state index >= 15 is 0 Å². The third-order valence-electron chi connectivity index (χ3n) is 6.64. The largest absolute Gasteiger partial charge is 0.348 e. The minimum Gasteiger partial charge on any atom is -0.348 e. The van der Waals surface area contributed by atoms with Crippen molar-refractivity contribution in [2.75, 3.05) is 13.1 Å². The summed E-state index contributed by atoms with van der Waals surface area (Å²) in [4.78, 5) is 20.1. The summed E-state index contributed by atoms with van der Waals surface area (Å²) in [5.41, 5.74) is 3.85. The van der Waals surface area contributed by atoms with Crippen molar-refractivity contribution in [3.8, 4) is 0 Å². The first-order valence-electron chi connectivity index (χ1n) is 11.5. The van der Waals surface area contributed by atoms with E-state index in [-0.39, 0.29) is 11.9 Å². The predicted molar refractivity (Wildman–Crippen MR) is 133 cm³/mol. The SMILES string of the molecule is O=C(NC(Cc1ccc2ccccc2n1)C1CCNCC1)C1=Cc2[nH]nc3cccc(c23)S1. The summed E-state index contributed by atoms with van der Waals surface area (Å²) in [5.74, 6) is 0.394. The molecule has 1 fully saturated rings. The fourth-order valence-corrected chi connectivity index (χ4v) is 5.94. The van der Waals surface area contributed by atoms with Gasteiger partial charge >= 0.3 is 0 Å². The van der Waals surface area contributed by atoms with Crippen molar-refractivity contribution in [3.05, 3.63) is 70.9 Å². The minimum absolute atomic E-state index is 0.0263. The molecule has 1 saturated heterocycles. The Morgan fingerprint density at radius 2 is 1.91 bits per heavy atom. The minimum atomic E-state index is -0.0263. The van der Waals surface area contributed by atoms with Crippen molar-refractivity contribution in [1.29, 1.82) is 0 Å². The molecule has 0 aliphatic carbocycles. The number of amides is 1. The van der Waals surface area contributed by atoms with Crippen LogP contribution >= 0.6 is 11.8 Å². The Labute approximate surface area is 196 Å². The molecule has 1 atom stereocenters. The summed E-state index contributed by atoms with van der Waals surface area (Å²) in [6, 6.07) is 18.4. The maximum absolute atomic E-state index is 13.4. The van der Waals surface area contributed by atoms with Crippen LogP contribution in [-0.2, 0) is 11.2 Å². The zero-order valence-corrected chi connectivity index (χ0v) is 19.0. The smallest absolute Gasteiger partial charge is 0.258 e. The van der Waals surface area contributed by atoms with Crippen LogP contribution in [0.2, 0.25) is 0 Å². The second kappa shape index (κ2) is 8.65. The van der Waals surface area contributed by atoms with Crippen LogP contribution in [0.4, 0.5) is 0 Å². The van der Waals surface area contributed by atoms with Gasteiger partial charge in [0.25, 0.3) is 5.91 Å². The summed E-state index contributed by atoms with van der Waals surface area (Å²) in [5, 5.41) is 16.5. The van der Waals surface area contributed by atoms with E-state index in [2.05, 4.69) is 45.1 Å².